The maximum Gasteiger partial charge on any atom is 0.302 e. The quantitative estimate of drug-likeness (QED) is 0.511. The fraction of sp³-hybridized carbons (Fsp3) is 0.917. The van der Waals surface area contributed by atoms with Crippen molar-refractivity contribution in [3.63, 3.8) is 0 Å². The van der Waals surface area contributed by atoms with Gasteiger partial charge < -0.3 is 4.74 Å². The zero-order chi connectivity index (χ0) is 11.5. The number of esters is 1. The first-order valence-corrected chi connectivity index (χ1v) is 5.97. The van der Waals surface area contributed by atoms with Crippen molar-refractivity contribution in [3.05, 3.63) is 0 Å². The Hall–Kier alpha value is -0.240. The highest BCUT2D eigenvalue weighted by molar-refractivity contribution is 6.25. The van der Waals surface area contributed by atoms with Crippen molar-refractivity contribution in [2.45, 2.75) is 57.9 Å². The minimum Gasteiger partial charge on any atom is -0.462 e. The van der Waals surface area contributed by atoms with Crippen molar-refractivity contribution < 1.29 is 9.53 Å². The summed E-state index contributed by atoms with van der Waals surface area (Å²) < 4.78 is 5.43. The molecule has 0 saturated heterocycles. The van der Waals surface area contributed by atoms with Gasteiger partial charge in [-0.05, 0) is 18.3 Å². The van der Waals surface area contributed by atoms with Gasteiger partial charge in [-0.2, -0.15) is 0 Å². The molecule has 0 radical (unpaired) electrons. The first-order valence-electron chi connectivity index (χ1n) is 5.59. The Morgan fingerprint density at radius 3 is 2.27 bits per heavy atom. The number of fused-ring (bicyclic) bond motifs is 2. The monoisotopic (exact) mass is 230 g/mol. The molecule has 0 aliphatic heterocycles. The number of hydrogen-bond donors (Lipinski definition) is 0. The molecule has 3 heteroatoms. The number of ether oxygens (including phenoxy) is 1. The Balaban J connectivity index is 2.32. The van der Waals surface area contributed by atoms with Crippen LogP contribution in [0.25, 0.3) is 0 Å². The third-order valence-electron chi connectivity index (χ3n) is 5.12. The van der Waals surface area contributed by atoms with Gasteiger partial charge in [0.05, 0.1) is 4.87 Å². The summed E-state index contributed by atoms with van der Waals surface area (Å²) in [6.45, 7) is 8.09. The molecule has 0 aromatic carbocycles. The van der Waals surface area contributed by atoms with E-state index < -0.39 is 0 Å². The van der Waals surface area contributed by atoms with Crippen LogP contribution in [-0.2, 0) is 9.53 Å². The van der Waals surface area contributed by atoms with Gasteiger partial charge in [-0.15, -0.1) is 11.6 Å². The van der Waals surface area contributed by atoms with Crippen LogP contribution < -0.4 is 0 Å². The first-order chi connectivity index (χ1) is 6.73. The van der Waals surface area contributed by atoms with Crippen molar-refractivity contribution in [1.29, 1.82) is 0 Å². The summed E-state index contributed by atoms with van der Waals surface area (Å²) >= 11 is 6.66. The largest absolute Gasteiger partial charge is 0.462 e. The van der Waals surface area contributed by atoms with Gasteiger partial charge in [0, 0.05) is 18.8 Å². The number of hydrogen-bond acceptors (Lipinski definition) is 2. The van der Waals surface area contributed by atoms with Gasteiger partial charge in [-0.1, -0.05) is 20.8 Å². The van der Waals surface area contributed by atoms with E-state index in [4.69, 9.17) is 16.3 Å². The average molecular weight is 231 g/mol. The summed E-state index contributed by atoms with van der Waals surface area (Å²) in [5, 5.41) is 0. The second-order valence-corrected chi connectivity index (χ2v) is 6.53. The van der Waals surface area contributed by atoms with Gasteiger partial charge >= 0.3 is 5.97 Å². The summed E-state index contributed by atoms with van der Waals surface area (Å²) in [5.41, 5.74) is 0.0854. The molecule has 0 N–H and O–H groups in total. The number of rotatable bonds is 1. The fourth-order valence-electron chi connectivity index (χ4n) is 3.41. The van der Waals surface area contributed by atoms with Crippen LogP contribution in [0.4, 0.5) is 0 Å². The molecule has 2 rings (SSSR count). The lowest BCUT2D eigenvalue weighted by Gasteiger charge is -2.38. The zero-order valence-electron chi connectivity index (χ0n) is 9.89. The fourth-order valence-corrected chi connectivity index (χ4v) is 3.86. The van der Waals surface area contributed by atoms with Crippen molar-refractivity contribution in [2.75, 3.05) is 0 Å². The van der Waals surface area contributed by atoms with Gasteiger partial charge in [0.15, 0.2) is 0 Å². The molecule has 86 valence electrons. The lowest BCUT2D eigenvalue weighted by Crippen LogP contribution is -2.39. The Labute approximate surface area is 96.3 Å². The number of carbonyl (C=O) groups excluding carboxylic acids is 1. The van der Waals surface area contributed by atoms with Gasteiger partial charge in [0.1, 0.15) is 6.10 Å². The van der Waals surface area contributed by atoms with Crippen LogP contribution in [0.5, 0.6) is 0 Å². The molecule has 0 spiro atoms. The van der Waals surface area contributed by atoms with E-state index in [1.54, 1.807) is 0 Å². The number of carbonyl (C=O) groups is 1. The topological polar surface area (TPSA) is 26.3 Å². The Morgan fingerprint density at radius 1 is 1.33 bits per heavy atom. The van der Waals surface area contributed by atoms with E-state index in [9.17, 15) is 4.79 Å². The summed E-state index contributed by atoms with van der Waals surface area (Å²) in [4.78, 5) is 10.9. The molecule has 3 atom stereocenters. The van der Waals surface area contributed by atoms with Crippen LogP contribution >= 0.6 is 11.6 Å². The van der Waals surface area contributed by atoms with E-state index in [0.717, 1.165) is 19.3 Å². The van der Waals surface area contributed by atoms with E-state index in [0.29, 0.717) is 0 Å². The Bertz CT molecular complexity index is 313. The molecule has 0 aromatic heterocycles. The van der Waals surface area contributed by atoms with E-state index in [1.165, 1.54) is 6.92 Å². The van der Waals surface area contributed by atoms with Crippen LogP contribution in [0.1, 0.15) is 47.0 Å². The molecule has 2 bridgehead atoms. The minimum absolute atomic E-state index is 0.00347. The molecule has 0 amide bonds. The number of alkyl halides is 1. The molecular formula is C12H19ClO2. The minimum atomic E-state index is -0.190. The predicted octanol–water partition coefficient (Wildman–Crippen LogP) is 3.13. The summed E-state index contributed by atoms with van der Waals surface area (Å²) in [6.07, 6.45) is 2.89. The average Bonchev–Trinajstić information content (AvgIpc) is 2.33. The second kappa shape index (κ2) is 2.91. The highest BCUT2D eigenvalue weighted by atomic mass is 35.5. The smallest absolute Gasteiger partial charge is 0.302 e. The molecule has 0 aromatic rings. The van der Waals surface area contributed by atoms with Crippen molar-refractivity contribution in [1.82, 2.24) is 0 Å². The van der Waals surface area contributed by atoms with E-state index in [-0.39, 0.29) is 27.8 Å². The molecule has 15 heavy (non-hydrogen) atoms. The van der Waals surface area contributed by atoms with E-state index in [2.05, 4.69) is 20.8 Å². The van der Waals surface area contributed by atoms with Crippen LogP contribution in [-0.4, -0.2) is 16.9 Å². The second-order valence-electron chi connectivity index (χ2n) is 5.81. The lowest BCUT2D eigenvalue weighted by atomic mass is 9.70. The molecule has 2 nitrogen and oxygen atoms in total. The standard InChI is InChI=1S/C12H19ClO2/c1-8(14)15-9-7-12(13)6-5-11(9,4)10(12,2)3/h9H,5-7H2,1-4H3/t9-,11+,12+/m0/s1. The first kappa shape index (κ1) is 11.3. The molecule has 2 aliphatic rings. The molecule has 2 fully saturated rings. The van der Waals surface area contributed by atoms with Crippen LogP contribution in [0.15, 0.2) is 0 Å². The van der Waals surface area contributed by atoms with Crippen LogP contribution in [0.3, 0.4) is 0 Å². The molecule has 0 unspecified atom stereocenters. The maximum absolute atomic E-state index is 11.1. The van der Waals surface area contributed by atoms with Gasteiger partial charge in [0.25, 0.3) is 0 Å². The molecule has 0 heterocycles. The highest BCUT2D eigenvalue weighted by Crippen LogP contribution is 2.70. The summed E-state index contributed by atoms with van der Waals surface area (Å²) in [7, 11) is 0. The third kappa shape index (κ3) is 1.20. The summed E-state index contributed by atoms with van der Waals surface area (Å²) in [5.74, 6) is -0.190. The van der Waals surface area contributed by atoms with E-state index in [1.807, 2.05) is 0 Å². The van der Waals surface area contributed by atoms with Crippen molar-refractivity contribution in [3.8, 4) is 0 Å². The zero-order valence-corrected chi connectivity index (χ0v) is 10.6. The van der Waals surface area contributed by atoms with Gasteiger partial charge in [-0.3, -0.25) is 4.79 Å². The lowest BCUT2D eigenvalue weighted by molar-refractivity contribution is -0.154. The maximum atomic E-state index is 11.1. The van der Waals surface area contributed by atoms with E-state index >= 15 is 0 Å². The highest BCUT2D eigenvalue weighted by Gasteiger charge is 2.70. The van der Waals surface area contributed by atoms with Gasteiger partial charge in [-0.25, -0.2) is 0 Å². The molecule has 2 saturated carbocycles. The van der Waals surface area contributed by atoms with Crippen LogP contribution in [0.2, 0.25) is 0 Å². The number of halogens is 1. The molecule has 2 aliphatic carbocycles. The van der Waals surface area contributed by atoms with Crippen molar-refractivity contribution >= 4 is 17.6 Å². The Kier molecular flexibility index (Phi) is 2.18. The Morgan fingerprint density at radius 2 is 1.93 bits per heavy atom. The third-order valence-corrected chi connectivity index (χ3v) is 5.93. The predicted molar refractivity (Wildman–Crippen MR) is 59.9 cm³/mol. The SMILES string of the molecule is CC(=O)O[C@H]1C[C@]2(Cl)CC[C@@]1(C)C2(C)C. The van der Waals surface area contributed by atoms with Crippen molar-refractivity contribution in [2.24, 2.45) is 10.8 Å². The summed E-state index contributed by atoms with van der Waals surface area (Å²) in [6, 6.07) is 0. The van der Waals surface area contributed by atoms with Gasteiger partial charge in [0.2, 0.25) is 0 Å². The van der Waals surface area contributed by atoms with Crippen LogP contribution in [0, 0.1) is 10.8 Å². The normalized spacial score (nSPS) is 46.9. The molecular weight excluding hydrogens is 212 g/mol.